The predicted octanol–water partition coefficient (Wildman–Crippen LogP) is 3.43. The van der Waals surface area contributed by atoms with Gasteiger partial charge in [-0.1, -0.05) is 20.8 Å². The first-order valence-electron chi connectivity index (χ1n) is 6.56. The fourth-order valence-corrected chi connectivity index (χ4v) is 2.72. The largest absolute Gasteiger partial charge is 0.326 e. The van der Waals surface area contributed by atoms with Crippen molar-refractivity contribution in [3.63, 3.8) is 0 Å². The van der Waals surface area contributed by atoms with Crippen molar-refractivity contribution < 1.29 is 4.79 Å². The molecule has 0 aliphatic heterocycles. The van der Waals surface area contributed by atoms with Gasteiger partial charge in [0.05, 0.1) is 0 Å². The molecule has 19 heavy (non-hydrogen) atoms. The molecule has 0 aromatic heterocycles. The molecule has 0 saturated heterocycles. The van der Waals surface area contributed by atoms with Gasteiger partial charge in [0.1, 0.15) is 0 Å². The first kappa shape index (κ1) is 16.1. The van der Waals surface area contributed by atoms with Crippen molar-refractivity contribution in [2.75, 3.05) is 18.9 Å². The van der Waals surface area contributed by atoms with Crippen molar-refractivity contribution in [3.8, 4) is 0 Å². The monoisotopic (exact) mass is 280 g/mol. The Balaban J connectivity index is 2.69. The smallest absolute Gasteiger partial charge is 0.225 e. The number of carbonyl (C=O) groups excluding carboxylic acids is 1. The molecule has 2 N–H and O–H groups in total. The van der Waals surface area contributed by atoms with Crippen molar-refractivity contribution in [1.29, 1.82) is 0 Å². The molecular weight excluding hydrogens is 256 g/mol. The van der Waals surface area contributed by atoms with Crippen LogP contribution in [-0.4, -0.2) is 24.2 Å². The summed E-state index contributed by atoms with van der Waals surface area (Å²) < 4.78 is 0.198. The number of rotatable bonds is 5. The van der Waals surface area contributed by atoms with E-state index in [0.29, 0.717) is 13.0 Å². The first-order valence-corrected chi connectivity index (χ1v) is 7.37. The van der Waals surface area contributed by atoms with Crippen LogP contribution < -0.4 is 10.6 Å². The Bertz CT molecular complexity index is 438. The van der Waals surface area contributed by atoms with Crippen LogP contribution in [0.4, 0.5) is 5.69 Å². The van der Waals surface area contributed by atoms with E-state index in [4.69, 9.17) is 0 Å². The van der Waals surface area contributed by atoms with Crippen LogP contribution in [0.15, 0.2) is 23.1 Å². The van der Waals surface area contributed by atoms with E-state index >= 15 is 0 Å². The summed E-state index contributed by atoms with van der Waals surface area (Å²) in [7, 11) is 1.84. The van der Waals surface area contributed by atoms with E-state index in [2.05, 4.69) is 43.5 Å². The molecule has 0 aliphatic rings. The van der Waals surface area contributed by atoms with Crippen LogP contribution in [0.3, 0.4) is 0 Å². The van der Waals surface area contributed by atoms with E-state index in [0.717, 1.165) is 11.3 Å². The Morgan fingerprint density at radius 3 is 2.53 bits per heavy atom. The van der Waals surface area contributed by atoms with E-state index < -0.39 is 0 Å². The summed E-state index contributed by atoms with van der Waals surface area (Å²) in [6.07, 6.45) is 0.494. The number of aryl methyl sites for hydroxylation is 1. The highest BCUT2D eigenvalue weighted by atomic mass is 32.2. The molecule has 3 nitrogen and oxygen atoms in total. The highest BCUT2D eigenvalue weighted by Crippen LogP contribution is 2.33. The highest BCUT2D eigenvalue weighted by molar-refractivity contribution is 8.00. The number of benzene rings is 1. The van der Waals surface area contributed by atoms with Crippen molar-refractivity contribution in [1.82, 2.24) is 5.32 Å². The molecule has 106 valence electrons. The zero-order chi connectivity index (χ0) is 14.5. The average molecular weight is 280 g/mol. The second-order valence-corrected chi connectivity index (χ2v) is 7.49. The van der Waals surface area contributed by atoms with Gasteiger partial charge in [0.25, 0.3) is 0 Å². The summed E-state index contributed by atoms with van der Waals surface area (Å²) in [5, 5.41) is 5.92. The molecule has 1 rings (SSSR count). The van der Waals surface area contributed by atoms with Crippen molar-refractivity contribution in [3.05, 3.63) is 23.8 Å². The van der Waals surface area contributed by atoms with Gasteiger partial charge in [-0.15, -0.1) is 11.8 Å². The van der Waals surface area contributed by atoms with E-state index in [-0.39, 0.29) is 10.7 Å². The Morgan fingerprint density at radius 1 is 1.32 bits per heavy atom. The molecule has 0 unspecified atom stereocenters. The molecule has 0 bridgehead atoms. The average Bonchev–Trinajstić information content (AvgIpc) is 2.28. The molecule has 0 saturated carbocycles. The third-order valence-electron chi connectivity index (χ3n) is 2.50. The van der Waals surface area contributed by atoms with Gasteiger partial charge in [-0.2, -0.15) is 0 Å². The number of thioether (sulfide) groups is 1. The standard InChI is InChI=1S/C15H24N2OS/c1-11-10-12(19-15(2,3)4)6-7-13(11)17-14(18)8-9-16-5/h6-7,10,16H,8-9H2,1-5H3,(H,17,18). The van der Waals surface area contributed by atoms with Crippen LogP contribution in [-0.2, 0) is 4.79 Å². The molecule has 1 aromatic rings. The molecule has 0 spiro atoms. The first-order chi connectivity index (χ1) is 8.81. The van der Waals surface area contributed by atoms with Crippen LogP contribution in [0.2, 0.25) is 0 Å². The van der Waals surface area contributed by atoms with E-state index in [1.807, 2.05) is 31.8 Å². The Hall–Kier alpha value is -1.00. The third-order valence-corrected chi connectivity index (χ3v) is 3.60. The Labute approximate surface area is 120 Å². The number of hydrogen-bond acceptors (Lipinski definition) is 3. The minimum absolute atomic E-state index is 0.0497. The third kappa shape index (κ3) is 6.12. The molecule has 1 aromatic carbocycles. The zero-order valence-corrected chi connectivity index (χ0v) is 13.3. The molecule has 1 amide bonds. The Kier molecular flexibility index (Phi) is 5.88. The number of anilines is 1. The predicted molar refractivity (Wildman–Crippen MR) is 84.0 cm³/mol. The highest BCUT2D eigenvalue weighted by Gasteiger charge is 2.13. The van der Waals surface area contributed by atoms with Crippen LogP contribution in [0, 0.1) is 6.92 Å². The maximum Gasteiger partial charge on any atom is 0.225 e. The van der Waals surface area contributed by atoms with E-state index in [1.165, 1.54) is 4.90 Å². The molecule has 0 heterocycles. The molecule has 0 fully saturated rings. The van der Waals surface area contributed by atoms with Crippen LogP contribution in [0.1, 0.15) is 32.8 Å². The van der Waals surface area contributed by atoms with Gasteiger partial charge >= 0.3 is 0 Å². The molecule has 4 heteroatoms. The summed E-state index contributed by atoms with van der Waals surface area (Å²) in [5.41, 5.74) is 2.01. The molecule has 0 atom stereocenters. The van der Waals surface area contributed by atoms with Gasteiger partial charge in [-0.3, -0.25) is 4.79 Å². The van der Waals surface area contributed by atoms with Crippen molar-refractivity contribution in [2.45, 2.75) is 43.8 Å². The Morgan fingerprint density at radius 2 is 2.00 bits per heavy atom. The summed E-state index contributed by atoms with van der Waals surface area (Å²) in [4.78, 5) is 12.9. The zero-order valence-electron chi connectivity index (χ0n) is 12.5. The number of nitrogens with one attached hydrogen (secondary N) is 2. The van der Waals surface area contributed by atoms with Gasteiger partial charge in [0.2, 0.25) is 5.91 Å². The van der Waals surface area contributed by atoms with Gasteiger partial charge in [0.15, 0.2) is 0 Å². The lowest BCUT2D eigenvalue weighted by Crippen LogP contribution is -2.19. The fourth-order valence-electron chi connectivity index (χ4n) is 1.64. The summed E-state index contributed by atoms with van der Waals surface area (Å²) >= 11 is 1.83. The number of carbonyl (C=O) groups is 1. The van der Waals surface area contributed by atoms with Gasteiger partial charge < -0.3 is 10.6 Å². The van der Waals surface area contributed by atoms with Crippen LogP contribution in [0.25, 0.3) is 0 Å². The topological polar surface area (TPSA) is 41.1 Å². The molecular formula is C15H24N2OS. The lowest BCUT2D eigenvalue weighted by molar-refractivity contribution is -0.116. The lowest BCUT2D eigenvalue weighted by Gasteiger charge is -2.18. The van der Waals surface area contributed by atoms with Gasteiger partial charge in [-0.25, -0.2) is 0 Å². The fraction of sp³-hybridized carbons (Fsp3) is 0.533. The second-order valence-electron chi connectivity index (χ2n) is 5.59. The minimum atomic E-state index is 0.0497. The summed E-state index contributed by atoms with van der Waals surface area (Å²) in [6.45, 7) is 9.31. The second kappa shape index (κ2) is 6.96. The van der Waals surface area contributed by atoms with E-state index in [1.54, 1.807) is 0 Å². The molecule has 0 aliphatic carbocycles. The van der Waals surface area contributed by atoms with Gasteiger partial charge in [0, 0.05) is 28.3 Å². The quantitative estimate of drug-likeness (QED) is 0.812. The number of hydrogen-bond donors (Lipinski definition) is 2. The summed E-state index contributed by atoms with van der Waals surface area (Å²) in [6, 6.07) is 6.18. The van der Waals surface area contributed by atoms with Crippen LogP contribution in [0.5, 0.6) is 0 Å². The maximum absolute atomic E-state index is 11.7. The molecule has 0 radical (unpaired) electrons. The van der Waals surface area contributed by atoms with Crippen molar-refractivity contribution in [2.24, 2.45) is 0 Å². The van der Waals surface area contributed by atoms with Crippen molar-refractivity contribution >= 4 is 23.4 Å². The lowest BCUT2D eigenvalue weighted by atomic mass is 10.2. The number of amides is 1. The van der Waals surface area contributed by atoms with E-state index in [9.17, 15) is 4.79 Å². The summed E-state index contributed by atoms with van der Waals surface area (Å²) in [5.74, 6) is 0.0497. The minimum Gasteiger partial charge on any atom is -0.326 e. The SMILES string of the molecule is CNCCC(=O)Nc1ccc(SC(C)(C)C)cc1C. The maximum atomic E-state index is 11.7. The normalized spacial score (nSPS) is 11.4. The van der Waals surface area contributed by atoms with Crippen LogP contribution >= 0.6 is 11.8 Å². The van der Waals surface area contributed by atoms with Gasteiger partial charge in [-0.05, 0) is 37.7 Å².